The van der Waals surface area contributed by atoms with Crippen molar-refractivity contribution in [3.63, 3.8) is 0 Å². The molecule has 17 heavy (non-hydrogen) atoms. The van der Waals surface area contributed by atoms with Crippen molar-refractivity contribution in [1.82, 2.24) is 0 Å². The molecule has 0 radical (unpaired) electrons. The number of unbranched alkanes of at least 4 members (excludes halogenated alkanes) is 2. The molecule has 2 atom stereocenters. The molecule has 0 unspecified atom stereocenters. The van der Waals surface area contributed by atoms with Crippen molar-refractivity contribution in [2.75, 3.05) is 13.2 Å². The van der Waals surface area contributed by atoms with Crippen molar-refractivity contribution < 1.29 is 24.9 Å². The van der Waals surface area contributed by atoms with Gasteiger partial charge in [0.1, 0.15) is 18.8 Å². The zero-order valence-electron chi connectivity index (χ0n) is 10.6. The van der Waals surface area contributed by atoms with Crippen LogP contribution in [0, 0.1) is 0 Å². The maximum absolute atomic E-state index is 10.4. The Balaban J connectivity index is 0. The molecule has 0 fully saturated rings. The first kappa shape index (κ1) is 18.5. The highest BCUT2D eigenvalue weighted by molar-refractivity contribution is 5.81. The number of aliphatic hydroxyl groups is 3. The van der Waals surface area contributed by atoms with E-state index in [0.717, 1.165) is 6.08 Å². The zero-order valence-corrected chi connectivity index (χ0v) is 10.6. The lowest BCUT2D eigenvalue weighted by atomic mass is 10.2. The van der Waals surface area contributed by atoms with Crippen LogP contribution in [0.2, 0.25) is 0 Å². The predicted molar refractivity (Wildman–Crippen MR) is 65.5 cm³/mol. The molecule has 102 valence electrons. The van der Waals surface area contributed by atoms with E-state index in [0.29, 0.717) is 0 Å². The predicted octanol–water partition coefficient (Wildman–Crippen LogP) is 0.626. The largest absolute Gasteiger partial charge is 0.460 e. The SMILES string of the molecule is C=CC(=O)OC[C@H](O)[C@H](O)CO.CCCCC. The van der Waals surface area contributed by atoms with Gasteiger partial charge in [0.2, 0.25) is 0 Å². The van der Waals surface area contributed by atoms with E-state index in [1.807, 2.05) is 0 Å². The summed E-state index contributed by atoms with van der Waals surface area (Å²) in [6.45, 7) is 6.63. The number of hydrogen-bond donors (Lipinski definition) is 3. The first-order valence-electron chi connectivity index (χ1n) is 5.79. The molecule has 0 saturated heterocycles. The molecular weight excluding hydrogens is 224 g/mol. The summed E-state index contributed by atoms with van der Waals surface area (Å²) < 4.78 is 4.40. The molecule has 0 aliphatic heterocycles. The van der Waals surface area contributed by atoms with Crippen LogP contribution in [-0.2, 0) is 9.53 Å². The van der Waals surface area contributed by atoms with Crippen LogP contribution in [0.1, 0.15) is 33.1 Å². The molecule has 0 spiro atoms. The van der Waals surface area contributed by atoms with E-state index in [1.165, 1.54) is 19.3 Å². The average molecular weight is 248 g/mol. The molecule has 0 aliphatic rings. The summed E-state index contributed by atoms with van der Waals surface area (Å²) in [4.78, 5) is 10.4. The van der Waals surface area contributed by atoms with E-state index in [4.69, 9.17) is 15.3 Å². The fraction of sp³-hybridized carbons (Fsp3) is 0.750. The van der Waals surface area contributed by atoms with E-state index >= 15 is 0 Å². The van der Waals surface area contributed by atoms with Gasteiger partial charge >= 0.3 is 5.97 Å². The Bertz CT molecular complexity index is 191. The Morgan fingerprint density at radius 1 is 1.29 bits per heavy atom. The molecule has 5 nitrogen and oxygen atoms in total. The number of esters is 1. The van der Waals surface area contributed by atoms with Gasteiger partial charge in [-0.1, -0.05) is 39.7 Å². The maximum atomic E-state index is 10.4. The highest BCUT2D eigenvalue weighted by Crippen LogP contribution is 1.93. The summed E-state index contributed by atoms with van der Waals surface area (Å²) in [5, 5.41) is 26.1. The van der Waals surface area contributed by atoms with Crippen LogP contribution in [0.4, 0.5) is 0 Å². The van der Waals surface area contributed by atoms with Gasteiger partial charge in [-0.2, -0.15) is 0 Å². The molecule has 0 bridgehead atoms. The highest BCUT2D eigenvalue weighted by atomic mass is 16.5. The summed E-state index contributed by atoms with van der Waals surface area (Å²) in [5.74, 6) is -0.681. The molecule has 0 amide bonds. The summed E-state index contributed by atoms with van der Waals surface area (Å²) in [6, 6.07) is 0. The number of aliphatic hydroxyl groups excluding tert-OH is 3. The summed E-state index contributed by atoms with van der Waals surface area (Å²) in [7, 11) is 0. The van der Waals surface area contributed by atoms with Gasteiger partial charge in [0.15, 0.2) is 0 Å². The maximum Gasteiger partial charge on any atom is 0.330 e. The third-order valence-corrected chi connectivity index (χ3v) is 1.90. The van der Waals surface area contributed by atoms with Crippen LogP contribution in [0.15, 0.2) is 12.7 Å². The second-order valence-corrected chi connectivity index (χ2v) is 3.50. The topological polar surface area (TPSA) is 87.0 Å². The van der Waals surface area contributed by atoms with Gasteiger partial charge in [-0.25, -0.2) is 4.79 Å². The van der Waals surface area contributed by atoms with Crippen LogP contribution in [0.3, 0.4) is 0 Å². The molecule has 0 aromatic carbocycles. The number of ether oxygens (including phenoxy) is 1. The molecule has 0 heterocycles. The van der Waals surface area contributed by atoms with Gasteiger partial charge in [0.05, 0.1) is 6.61 Å². The summed E-state index contributed by atoms with van der Waals surface area (Å²) in [5.41, 5.74) is 0. The Morgan fingerprint density at radius 3 is 2.12 bits per heavy atom. The van der Waals surface area contributed by atoms with Gasteiger partial charge in [0.25, 0.3) is 0 Å². The standard InChI is InChI=1S/C7H12O5.C5H12/c1-2-7(11)12-4-6(10)5(9)3-8;1-3-5-4-2/h2,5-6,8-10H,1,3-4H2;3-5H2,1-2H3/t5-,6+;/m1./s1. The molecule has 0 aliphatic carbocycles. The van der Waals surface area contributed by atoms with Crippen molar-refractivity contribution in [1.29, 1.82) is 0 Å². The Morgan fingerprint density at radius 2 is 1.82 bits per heavy atom. The minimum absolute atomic E-state index is 0.355. The average Bonchev–Trinajstić information content (AvgIpc) is 2.36. The third kappa shape index (κ3) is 13.0. The van der Waals surface area contributed by atoms with E-state index in [-0.39, 0.29) is 6.61 Å². The Hall–Kier alpha value is -0.910. The molecule has 0 rings (SSSR count). The van der Waals surface area contributed by atoms with Crippen LogP contribution in [0.25, 0.3) is 0 Å². The molecule has 5 heteroatoms. The van der Waals surface area contributed by atoms with Crippen molar-refractivity contribution in [2.45, 2.75) is 45.3 Å². The van der Waals surface area contributed by atoms with Crippen molar-refractivity contribution in [3.05, 3.63) is 12.7 Å². The second kappa shape index (κ2) is 13.2. The molecule has 0 aromatic rings. The van der Waals surface area contributed by atoms with Crippen molar-refractivity contribution >= 4 is 5.97 Å². The van der Waals surface area contributed by atoms with Gasteiger partial charge < -0.3 is 20.1 Å². The van der Waals surface area contributed by atoms with Gasteiger partial charge in [-0.3, -0.25) is 0 Å². The van der Waals surface area contributed by atoms with Crippen LogP contribution < -0.4 is 0 Å². The Kier molecular flexibility index (Phi) is 14.3. The van der Waals surface area contributed by atoms with Gasteiger partial charge in [-0.15, -0.1) is 0 Å². The van der Waals surface area contributed by atoms with Crippen LogP contribution >= 0.6 is 0 Å². The number of carbonyl (C=O) groups is 1. The number of hydrogen-bond acceptors (Lipinski definition) is 5. The first-order chi connectivity index (χ1) is 8.03. The fourth-order valence-electron chi connectivity index (χ4n) is 0.813. The normalized spacial score (nSPS) is 13.0. The smallest absolute Gasteiger partial charge is 0.330 e. The lowest BCUT2D eigenvalue weighted by Gasteiger charge is -2.14. The van der Waals surface area contributed by atoms with E-state index in [9.17, 15) is 4.79 Å². The van der Waals surface area contributed by atoms with Gasteiger partial charge in [0, 0.05) is 6.08 Å². The quantitative estimate of drug-likeness (QED) is 0.454. The minimum atomic E-state index is -1.29. The lowest BCUT2D eigenvalue weighted by Crippen LogP contribution is -2.33. The van der Waals surface area contributed by atoms with Crippen molar-refractivity contribution in [3.8, 4) is 0 Å². The summed E-state index contributed by atoms with van der Waals surface area (Å²) >= 11 is 0. The Labute approximate surface area is 103 Å². The zero-order chi connectivity index (χ0) is 13.7. The molecule has 0 aromatic heterocycles. The number of carbonyl (C=O) groups excluding carboxylic acids is 1. The third-order valence-electron chi connectivity index (χ3n) is 1.90. The van der Waals surface area contributed by atoms with Gasteiger partial charge in [-0.05, 0) is 0 Å². The van der Waals surface area contributed by atoms with Crippen LogP contribution in [0.5, 0.6) is 0 Å². The fourth-order valence-corrected chi connectivity index (χ4v) is 0.813. The lowest BCUT2D eigenvalue weighted by molar-refractivity contribution is -0.143. The molecule has 0 saturated carbocycles. The van der Waals surface area contributed by atoms with E-state index in [1.54, 1.807) is 0 Å². The number of rotatable bonds is 7. The minimum Gasteiger partial charge on any atom is -0.460 e. The molecule has 3 N–H and O–H groups in total. The monoisotopic (exact) mass is 248 g/mol. The summed E-state index contributed by atoms with van der Waals surface area (Å²) in [6.07, 6.45) is 2.46. The van der Waals surface area contributed by atoms with Crippen molar-refractivity contribution in [2.24, 2.45) is 0 Å². The highest BCUT2D eigenvalue weighted by Gasteiger charge is 2.16. The molecular formula is C12H24O5. The van der Waals surface area contributed by atoms with E-state index < -0.39 is 24.8 Å². The van der Waals surface area contributed by atoms with Crippen LogP contribution in [-0.4, -0.2) is 46.7 Å². The first-order valence-corrected chi connectivity index (χ1v) is 5.79. The second-order valence-electron chi connectivity index (χ2n) is 3.50. The van der Waals surface area contributed by atoms with E-state index in [2.05, 4.69) is 25.2 Å².